The van der Waals surface area contributed by atoms with Crippen molar-refractivity contribution in [3.63, 3.8) is 0 Å². The van der Waals surface area contributed by atoms with E-state index < -0.39 is 5.54 Å². The van der Waals surface area contributed by atoms with E-state index in [-0.39, 0.29) is 22.9 Å². The third kappa shape index (κ3) is 6.77. The lowest BCUT2D eigenvalue weighted by molar-refractivity contribution is -0.119. The molecule has 0 bridgehead atoms. The predicted octanol–water partition coefficient (Wildman–Crippen LogP) is 4.38. The van der Waals surface area contributed by atoms with Gasteiger partial charge in [0.05, 0.1) is 6.26 Å². The maximum atomic E-state index is 12.9. The number of carbonyl (C=O) groups excluding carboxylic acids is 2. The van der Waals surface area contributed by atoms with Crippen LogP contribution in [0.4, 0.5) is 0 Å². The van der Waals surface area contributed by atoms with Gasteiger partial charge < -0.3 is 15.1 Å². The number of hydrogen-bond donors (Lipinski definition) is 2. The van der Waals surface area contributed by atoms with Crippen molar-refractivity contribution in [2.24, 2.45) is 5.41 Å². The van der Waals surface area contributed by atoms with Crippen LogP contribution in [0.15, 0.2) is 58.8 Å². The SMILES string of the molecule is CC(C)(C)CC(C)(C)NC(=O)/C(=C/c1ccco1)NC(=O)c1ccccc1. The molecule has 0 radical (unpaired) electrons. The molecular formula is C22H28N2O3. The van der Waals surface area contributed by atoms with Gasteiger partial charge in [0.1, 0.15) is 11.5 Å². The summed E-state index contributed by atoms with van der Waals surface area (Å²) in [5.74, 6) is -0.218. The molecule has 0 aliphatic heterocycles. The van der Waals surface area contributed by atoms with E-state index in [1.165, 1.54) is 12.3 Å². The minimum absolute atomic E-state index is 0.0506. The van der Waals surface area contributed by atoms with Gasteiger partial charge in [-0.05, 0) is 49.9 Å². The van der Waals surface area contributed by atoms with Crippen LogP contribution in [0.5, 0.6) is 0 Å². The average Bonchev–Trinajstić information content (AvgIpc) is 3.05. The molecule has 27 heavy (non-hydrogen) atoms. The molecule has 1 aromatic heterocycles. The van der Waals surface area contributed by atoms with Gasteiger partial charge in [0.15, 0.2) is 0 Å². The fourth-order valence-electron chi connectivity index (χ4n) is 3.20. The standard InChI is InChI=1S/C22H28N2O3/c1-21(2,3)15-22(4,5)24-20(26)18(14-17-12-9-13-27-17)23-19(25)16-10-7-6-8-11-16/h6-14H,15H2,1-5H3,(H,23,25)(H,24,26)/b18-14-. The largest absolute Gasteiger partial charge is 0.465 e. The first kappa shape index (κ1) is 20.5. The van der Waals surface area contributed by atoms with Crippen LogP contribution in [0.25, 0.3) is 6.08 Å². The van der Waals surface area contributed by atoms with Crippen molar-refractivity contribution in [3.05, 3.63) is 65.7 Å². The molecule has 2 N–H and O–H groups in total. The van der Waals surface area contributed by atoms with Crippen LogP contribution in [0.2, 0.25) is 0 Å². The van der Waals surface area contributed by atoms with Gasteiger partial charge in [-0.15, -0.1) is 0 Å². The molecule has 5 heteroatoms. The van der Waals surface area contributed by atoms with Crippen LogP contribution in [-0.4, -0.2) is 17.4 Å². The molecule has 144 valence electrons. The number of carbonyl (C=O) groups is 2. The van der Waals surface area contributed by atoms with E-state index >= 15 is 0 Å². The lowest BCUT2D eigenvalue weighted by Crippen LogP contribution is -2.48. The molecule has 0 fully saturated rings. The zero-order valence-electron chi connectivity index (χ0n) is 16.6. The van der Waals surface area contributed by atoms with Crippen LogP contribution in [0.1, 0.15) is 57.2 Å². The number of nitrogens with one attached hydrogen (secondary N) is 2. The van der Waals surface area contributed by atoms with E-state index in [1.807, 2.05) is 19.9 Å². The minimum Gasteiger partial charge on any atom is -0.465 e. The fraction of sp³-hybridized carbons (Fsp3) is 0.364. The highest BCUT2D eigenvalue weighted by molar-refractivity contribution is 6.05. The summed E-state index contributed by atoms with van der Waals surface area (Å²) in [5.41, 5.74) is 0.231. The second-order valence-electron chi connectivity index (χ2n) is 8.47. The predicted molar refractivity (Wildman–Crippen MR) is 107 cm³/mol. The van der Waals surface area contributed by atoms with Crippen molar-refractivity contribution in [2.75, 3.05) is 0 Å². The number of rotatable bonds is 6. The third-order valence-corrected chi connectivity index (χ3v) is 3.78. The Morgan fingerprint density at radius 2 is 1.67 bits per heavy atom. The molecule has 2 rings (SSSR count). The van der Waals surface area contributed by atoms with Crippen LogP contribution in [0, 0.1) is 5.41 Å². The van der Waals surface area contributed by atoms with Crippen LogP contribution < -0.4 is 10.6 Å². The monoisotopic (exact) mass is 368 g/mol. The second kappa shape index (κ2) is 8.25. The molecule has 0 aliphatic carbocycles. The molecular weight excluding hydrogens is 340 g/mol. The molecule has 0 saturated heterocycles. The van der Waals surface area contributed by atoms with E-state index in [0.29, 0.717) is 11.3 Å². The zero-order chi connectivity index (χ0) is 20.1. The van der Waals surface area contributed by atoms with E-state index in [9.17, 15) is 9.59 Å². The Kier molecular flexibility index (Phi) is 6.26. The van der Waals surface area contributed by atoms with Gasteiger partial charge in [-0.25, -0.2) is 0 Å². The minimum atomic E-state index is -0.435. The number of furan rings is 1. The van der Waals surface area contributed by atoms with Crippen LogP contribution in [0.3, 0.4) is 0 Å². The first-order valence-corrected chi connectivity index (χ1v) is 9.00. The van der Waals surface area contributed by atoms with E-state index in [4.69, 9.17) is 4.42 Å². The highest BCUT2D eigenvalue weighted by atomic mass is 16.3. The topological polar surface area (TPSA) is 71.3 Å². The van der Waals surface area contributed by atoms with Crippen molar-refractivity contribution >= 4 is 17.9 Å². The van der Waals surface area contributed by atoms with Gasteiger partial charge in [-0.2, -0.15) is 0 Å². The van der Waals surface area contributed by atoms with Gasteiger partial charge in [-0.3, -0.25) is 9.59 Å². The Morgan fingerprint density at radius 1 is 1.00 bits per heavy atom. The summed E-state index contributed by atoms with van der Waals surface area (Å²) >= 11 is 0. The number of benzene rings is 1. The van der Waals surface area contributed by atoms with Crippen LogP contribution >= 0.6 is 0 Å². The van der Waals surface area contributed by atoms with E-state index in [1.54, 1.807) is 36.4 Å². The quantitative estimate of drug-likeness (QED) is 0.743. The van der Waals surface area contributed by atoms with Gasteiger partial charge in [0.2, 0.25) is 0 Å². The van der Waals surface area contributed by atoms with Crippen molar-refractivity contribution < 1.29 is 14.0 Å². The van der Waals surface area contributed by atoms with Crippen molar-refractivity contribution in [1.82, 2.24) is 10.6 Å². The summed E-state index contributed by atoms with van der Waals surface area (Å²) in [6.07, 6.45) is 3.83. The van der Waals surface area contributed by atoms with Gasteiger partial charge in [0.25, 0.3) is 11.8 Å². The first-order valence-electron chi connectivity index (χ1n) is 9.00. The highest BCUT2D eigenvalue weighted by Crippen LogP contribution is 2.27. The number of amides is 2. The van der Waals surface area contributed by atoms with Crippen molar-refractivity contribution in [2.45, 2.75) is 46.6 Å². The Morgan fingerprint density at radius 3 is 2.22 bits per heavy atom. The Bertz CT molecular complexity index is 798. The van der Waals surface area contributed by atoms with Crippen molar-refractivity contribution in [3.8, 4) is 0 Å². The van der Waals surface area contributed by atoms with Gasteiger partial charge in [0, 0.05) is 17.2 Å². The smallest absolute Gasteiger partial charge is 0.268 e. The highest BCUT2D eigenvalue weighted by Gasteiger charge is 2.28. The molecule has 2 aromatic rings. The molecule has 0 unspecified atom stereocenters. The van der Waals surface area contributed by atoms with E-state index in [0.717, 1.165) is 6.42 Å². The maximum absolute atomic E-state index is 12.9. The summed E-state index contributed by atoms with van der Waals surface area (Å²) in [6.45, 7) is 10.3. The fourth-order valence-corrected chi connectivity index (χ4v) is 3.20. The summed E-state index contributed by atoms with van der Waals surface area (Å²) in [4.78, 5) is 25.4. The molecule has 2 amide bonds. The molecule has 0 aliphatic rings. The first-order chi connectivity index (χ1) is 12.6. The second-order valence-corrected chi connectivity index (χ2v) is 8.47. The summed E-state index contributed by atoms with van der Waals surface area (Å²) in [7, 11) is 0. The summed E-state index contributed by atoms with van der Waals surface area (Å²) < 4.78 is 5.30. The average molecular weight is 368 g/mol. The molecule has 0 spiro atoms. The van der Waals surface area contributed by atoms with Crippen molar-refractivity contribution in [1.29, 1.82) is 0 Å². The Balaban J connectivity index is 2.22. The van der Waals surface area contributed by atoms with Gasteiger partial charge >= 0.3 is 0 Å². The summed E-state index contributed by atoms with van der Waals surface area (Å²) in [6, 6.07) is 12.2. The zero-order valence-corrected chi connectivity index (χ0v) is 16.6. The lowest BCUT2D eigenvalue weighted by Gasteiger charge is -2.33. The molecule has 0 atom stereocenters. The third-order valence-electron chi connectivity index (χ3n) is 3.78. The number of hydrogen-bond acceptors (Lipinski definition) is 3. The van der Waals surface area contributed by atoms with E-state index in [2.05, 4.69) is 31.4 Å². The molecule has 0 saturated carbocycles. The maximum Gasteiger partial charge on any atom is 0.268 e. The normalized spacial score (nSPS) is 12.6. The lowest BCUT2D eigenvalue weighted by atomic mass is 9.82. The van der Waals surface area contributed by atoms with Gasteiger partial charge in [-0.1, -0.05) is 39.0 Å². The Hall–Kier alpha value is -2.82. The molecule has 1 aromatic carbocycles. The molecule has 1 heterocycles. The Labute approximate surface area is 160 Å². The molecule has 5 nitrogen and oxygen atoms in total. The summed E-state index contributed by atoms with van der Waals surface area (Å²) in [5, 5.41) is 5.73. The van der Waals surface area contributed by atoms with Crippen LogP contribution in [-0.2, 0) is 4.79 Å².